The third-order valence-corrected chi connectivity index (χ3v) is 4.26. The van der Waals surface area contributed by atoms with Crippen molar-refractivity contribution in [1.29, 1.82) is 0 Å². The van der Waals surface area contributed by atoms with Crippen molar-refractivity contribution in [2.45, 2.75) is 6.92 Å². The van der Waals surface area contributed by atoms with E-state index in [0.29, 0.717) is 28.3 Å². The van der Waals surface area contributed by atoms with Gasteiger partial charge in [0.15, 0.2) is 6.61 Å². The average molecular weight is 352 g/mol. The number of aryl methyl sites for hydroxylation is 1. The number of anilines is 3. The summed E-state index contributed by atoms with van der Waals surface area (Å²) in [6.07, 6.45) is 0. The van der Waals surface area contributed by atoms with Gasteiger partial charge in [-0.3, -0.25) is 14.4 Å². The molecule has 1 amide bonds. The SMILES string of the molecule is Cc1cc(F)ccc1Nc1c(-c2ccc3c(c2)OCC(=O)N3)c(=O)c1=O. The van der Waals surface area contributed by atoms with Crippen LogP contribution < -0.4 is 26.2 Å². The van der Waals surface area contributed by atoms with E-state index in [2.05, 4.69) is 10.6 Å². The first-order valence-corrected chi connectivity index (χ1v) is 7.87. The fourth-order valence-corrected chi connectivity index (χ4v) is 2.92. The third-order valence-electron chi connectivity index (χ3n) is 4.26. The summed E-state index contributed by atoms with van der Waals surface area (Å²) in [6.45, 7) is 1.59. The molecule has 0 aromatic heterocycles. The molecule has 1 aliphatic rings. The van der Waals surface area contributed by atoms with Crippen LogP contribution in [0.1, 0.15) is 5.56 Å². The molecule has 130 valence electrons. The minimum absolute atomic E-state index is 0.109. The van der Waals surface area contributed by atoms with Crippen LogP contribution in [0.4, 0.5) is 21.5 Å². The lowest BCUT2D eigenvalue weighted by atomic mass is 9.97. The maximum atomic E-state index is 13.2. The highest BCUT2D eigenvalue weighted by Crippen LogP contribution is 2.35. The zero-order chi connectivity index (χ0) is 18.4. The Morgan fingerprint density at radius 1 is 1.08 bits per heavy atom. The van der Waals surface area contributed by atoms with Crippen LogP contribution in [0.5, 0.6) is 5.75 Å². The van der Waals surface area contributed by atoms with Crippen LogP contribution in [-0.4, -0.2) is 12.5 Å². The van der Waals surface area contributed by atoms with E-state index >= 15 is 0 Å². The van der Waals surface area contributed by atoms with Gasteiger partial charge in [-0.25, -0.2) is 4.39 Å². The maximum Gasteiger partial charge on any atom is 0.262 e. The van der Waals surface area contributed by atoms with Gasteiger partial charge in [0.2, 0.25) is 5.43 Å². The topological polar surface area (TPSA) is 84.5 Å². The summed E-state index contributed by atoms with van der Waals surface area (Å²) in [5.41, 5.74) is 1.33. The normalized spacial score (nSPS) is 13.1. The average Bonchev–Trinajstić information content (AvgIpc) is 2.62. The molecule has 3 aromatic rings. The number of benzene rings is 2. The minimum atomic E-state index is -0.629. The van der Waals surface area contributed by atoms with E-state index in [4.69, 9.17) is 4.74 Å². The van der Waals surface area contributed by atoms with E-state index < -0.39 is 10.9 Å². The highest BCUT2D eigenvalue weighted by molar-refractivity contribution is 5.96. The monoisotopic (exact) mass is 352 g/mol. The van der Waals surface area contributed by atoms with E-state index in [1.54, 1.807) is 25.1 Å². The first kappa shape index (κ1) is 16.0. The number of amides is 1. The first-order chi connectivity index (χ1) is 12.4. The van der Waals surface area contributed by atoms with E-state index in [1.165, 1.54) is 18.2 Å². The number of carbonyl (C=O) groups is 1. The molecule has 0 bridgehead atoms. The Labute approximate surface area is 146 Å². The number of nitrogens with one attached hydrogen (secondary N) is 2. The Balaban J connectivity index is 1.73. The zero-order valence-corrected chi connectivity index (χ0v) is 13.7. The molecular weight excluding hydrogens is 339 g/mol. The van der Waals surface area contributed by atoms with Gasteiger partial charge in [-0.2, -0.15) is 0 Å². The van der Waals surface area contributed by atoms with Gasteiger partial charge in [0.05, 0.1) is 11.3 Å². The molecule has 0 radical (unpaired) electrons. The van der Waals surface area contributed by atoms with Gasteiger partial charge >= 0.3 is 0 Å². The van der Waals surface area contributed by atoms with Crippen LogP contribution in [0.2, 0.25) is 0 Å². The van der Waals surface area contributed by atoms with Crippen LogP contribution in [0.25, 0.3) is 11.1 Å². The standard InChI is InChI=1S/C19H13FN2O4/c1-9-6-11(20)3-5-12(9)22-17-16(18(24)19(17)25)10-2-4-13-14(7-10)26-8-15(23)21-13/h2-7,22H,8H2,1H3,(H,21,23). The highest BCUT2D eigenvalue weighted by atomic mass is 19.1. The van der Waals surface area contributed by atoms with Gasteiger partial charge in [-0.15, -0.1) is 0 Å². The first-order valence-electron chi connectivity index (χ1n) is 7.87. The van der Waals surface area contributed by atoms with Crippen molar-refractivity contribution < 1.29 is 13.9 Å². The van der Waals surface area contributed by atoms with Gasteiger partial charge in [-0.1, -0.05) is 6.07 Å². The Morgan fingerprint density at radius 3 is 2.65 bits per heavy atom. The summed E-state index contributed by atoms with van der Waals surface area (Å²) < 4.78 is 18.6. The molecule has 0 aliphatic carbocycles. The summed E-state index contributed by atoms with van der Waals surface area (Å²) in [7, 11) is 0. The van der Waals surface area contributed by atoms with E-state index in [9.17, 15) is 18.8 Å². The Hall–Kier alpha value is -3.48. The van der Waals surface area contributed by atoms with Crippen molar-refractivity contribution in [2.24, 2.45) is 0 Å². The summed E-state index contributed by atoms with van der Waals surface area (Å²) in [4.78, 5) is 35.5. The lowest BCUT2D eigenvalue weighted by Gasteiger charge is -2.20. The smallest absolute Gasteiger partial charge is 0.262 e. The Morgan fingerprint density at radius 2 is 1.88 bits per heavy atom. The molecule has 0 atom stereocenters. The van der Waals surface area contributed by atoms with E-state index in [1.807, 2.05) is 0 Å². The second-order valence-corrected chi connectivity index (χ2v) is 6.04. The van der Waals surface area contributed by atoms with Crippen LogP contribution in [-0.2, 0) is 4.79 Å². The van der Waals surface area contributed by atoms with Gasteiger partial charge in [0.25, 0.3) is 11.3 Å². The van der Waals surface area contributed by atoms with Crippen molar-refractivity contribution >= 4 is 23.0 Å². The Bertz CT molecular complexity index is 1130. The van der Waals surface area contributed by atoms with Crippen LogP contribution in [0.3, 0.4) is 0 Å². The number of fused-ring (bicyclic) bond motifs is 1. The molecule has 0 unspecified atom stereocenters. The fraction of sp³-hybridized carbons (Fsp3) is 0.105. The zero-order valence-electron chi connectivity index (χ0n) is 13.7. The van der Waals surface area contributed by atoms with Crippen molar-refractivity contribution in [2.75, 3.05) is 17.2 Å². The van der Waals surface area contributed by atoms with E-state index in [0.717, 1.165) is 0 Å². The molecule has 0 fully saturated rings. The predicted molar refractivity (Wildman–Crippen MR) is 95.3 cm³/mol. The molecule has 6 nitrogen and oxygen atoms in total. The summed E-state index contributed by atoms with van der Waals surface area (Å²) in [6, 6.07) is 8.97. The van der Waals surface area contributed by atoms with Crippen LogP contribution in [0.15, 0.2) is 46.0 Å². The molecular formula is C19H13FN2O4. The van der Waals surface area contributed by atoms with Crippen molar-refractivity contribution in [3.8, 4) is 16.9 Å². The predicted octanol–water partition coefficient (Wildman–Crippen LogP) is 2.47. The van der Waals surface area contributed by atoms with E-state index in [-0.39, 0.29) is 29.6 Å². The molecule has 3 aromatic carbocycles. The number of ether oxygens (including phenoxy) is 1. The van der Waals surface area contributed by atoms with Gasteiger partial charge in [0, 0.05) is 5.69 Å². The lowest BCUT2D eigenvalue weighted by molar-refractivity contribution is -0.118. The number of carbonyl (C=O) groups excluding carboxylic acids is 1. The third kappa shape index (κ3) is 2.54. The second-order valence-electron chi connectivity index (χ2n) is 6.04. The molecule has 7 heteroatoms. The molecule has 0 spiro atoms. The molecule has 4 rings (SSSR count). The van der Waals surface area contributed by atoms with Crippen molar-refractivity contribution in [1.82, 2.24) is 0 Å². The van der Waals surface area contributed by atoms with Crippen LogP contribution >= 0.6 is 0 Å². The lowest BCUT2D eigenvalue weighted by Crippen LogP contribution is -2.35. The second kappa shape index (κ2) is 5.80. The fourth-order valence-electron chi connectivity index (χ4n) is 2.92. The number of rotatable bonds is 3. The minimum Gasteiger partial charge on any atom is -0.482 e. The molecule has 26 heavy (non-hydrogen) atoms. The molecule has 0 saturated heterocycles. The molecule has 1 aliphatic heterocycles. The largest absolute Gasteiger partial charge is 0.482 e. The quantitative estimate of drug-likeness (QED) is 0.708. The van der Waals surface area contributed by atoms with Gasteiger partial charge in [-0.05, 0) is 48.4 Å². The van der Waals surface area contributed by atoms with Crippen molar-refractivity contribution in [3.63, 3.8) is 0 Å². The number of hydrogen-bond donors (Lipinski definition) is 2. The Kier molecular flexibility index (Phi) is 3.57. The molecule has 0 saturated carbocycles. The summed E-state index contributed by atoms with van der Waals surface area (Å²) in [5.74, 6) is -0.209. The maximum absolute atomic E-state index is 13.2. The van der Waals surface area contributed by atoms with Gasteiger partial charge in [0.1, 0.15) is 17.3 Å². The number of halogens is 1. The van der Waals surface area contributed by atoms with Gasteiger partial charge < -0.3 is 15.4 Å². The molecule has 2 N–H and O–H groups in total. The summed E-state index contributed by atoms with van der Waals surface area (Å²) >= 11 is 0. The summed E-state index contributed by atoms with van der Waals surface area (Å²) in [5, 5.41) is 5.58. The highest BCUT2D eigenvalue weighted by Gasteiger charge is 2.25. The van der Waals surface area contributed by atoms with Crippen LogP contribution in [0, 0.1) is 12.7 Å². The molecule has 1 heterocycles. The number of hydrogen-bond acceptors (Lipinski definition) is 5. The van der Waals surface area contributed by atoms with Crippen molar-refractivity contribution in [3.05, 3.63) is 68.2 Å².